The molecular weight excluding hydrogens is 1090 g/mol. The Bertz CT molecular complexity index is 3090. The van der Waals surface area contributed by atoms with Gasteiger partial charge in [-0.1, -0.05) is 57.2 Å². The number of para-hydroxylation sites is 1. The van der Waals surface area contributed by atoms with Gasteiger partial charge in [-0.3, -0.25) is 24.1 Å². The van der Waals surface area contributed by atoms with Crippen molar-refractivity contribution in [2.75, 3.05) is 94.9 Å². The molecule has 0 unspecified atom stereocenters. The second-order valence-electron chi connectivity index (χ2n) is 22.2. The monoisotopic (exact) mass is 1170 g/mol. The normalized spacial score (nSPS) is 17.6. The number of nitrogens with one attached hydrogen (secondary N) is 4. The molecule has 82 heavy (non-hydrogen) atoms. The number of rotatable bonds is 24. The first-order valence-electron chi connectivity index (χ1n) is 28.0. The number of sulfone groups is 1. The highest BCUT2D eigenvalue weighted by Gasteiger charge is 2.44. The molecule has 0 bridgehead atoms. The fourth-order valence-electron chi connectivity index (χ4n) is 10.4. The number of hydrogen-bond donors (Lipinski definition) is 5. The zero-order valence-electron chi connectivity index (χ0n) is 47.9. The highest BCUT2D eigenvalue weighted by molar-refractivity contribution is 7.92. The van der Waals surface area contributed by atoms with Crippen LogP contribution >= 0.6 is 11.3 Å². The van der Waals surface area contributed by atoms with Crippen LogP contribution in [0.2, 0.25) is 0 Å². The van der Waals surface area contributed by atoms with Crippen molar-refractivity contribution in [3.05, 3.63) is 89.8 Å². The minimum absolute atomic E-state index is 0.000560. The molecule has 24 heteroatoms. The summed E-state index contributed by atoms with van der Waals surface area (Å²) in [6.07, 6.45) is 2.79. The summed E-state index contributed by atoms with van der Waals surface area (Å²) in [7, 11) is -1.95. The molecule has 3 aliphatic heterocycles. The molecule has 3 aromatic carbocycles. The molecule has 4 amide bonds. The number of aryl methyl sites for hydroxylation is 1. The van der Waals surface area contributed by atoms with Gasteiger partial charge in [-0.2, -0.15) is 4.98 Å². The Morgan fingerprint density at radius 2 is 1.50 bits per heavy atom. The number of aliphatic hydroxyl groups is 1. The smallest absolute Gasteiger partial charge is 0.246 e. The molecule has 8 rings (SSSR count). The van der Waals surface area contributed by atoms with Gasteiger partial charge in [-0.05, 0) is 74.4 Å². The standard InChI is InChI=1S/C58H78N12O10S2/c1-38(2)82(76,77)49-11-9-8-10-46(49)64-57-61-36-60-56(66-57)63-45-17-16-43(32-48(45)78-7)67-22-18-42(19-23-67)68-24-26-69(27-25-68)51(73)21-29-80-31-30-79-28-20-50(72)65-53(58(4,5)6)55(75)70-35-44(71)33-47(70)54(74)59-34-40-12-14-41(15-13-40)52-39(3)62-37-81-52/h8-17,32,36-38,42,44,47,53,71H,18-31,33-35H2,1-7H3,(H,59,74)(H,65,72)(H2,60,61,63,64,66)/t44-,47+,53-/m1/s1. The summed E-state index contributed by atoms with van der Waals surface area (Å²) in [5.74, 6) is -0.0881. The van der Waals surface area contributed by atoms with Crippen molar-refractivity contribution >= 4 is 73.8 Å². The zero-order valence-corrected chi connectivity index (χ0v) is 49.6. The topological polar surface area (TPSA) is 263 Å². The molecule has 0 aliphatic carbocycles. The van der Waals surface area contributed by atoms with Gasteiger partial charge in [0.1, 0.15) is 24.2 Å². The van der Waals surface area contributed by atoms with E-state index in [0.29, 0.717) is 36.3 Å². The van der Waals surface area contributed by atoms with Crippen LogP contribution in [0.3, 0.4) is 0 Å². The van der Waals surface area contributed by atoms with Gasteiger partial charge in [-0.25, -0.2) is 23.4 Å². The molecule has 3 aliphatic rings. The average Bonchev–Trinajstić information content (AvgIpc) is 4.26. The van der Waals surface area contributed by atoms with E-state index in [9.17, 15) is 32.7 Å². The van der Waals surface area contributed by atoms with Gasteiger partial charge in [0.25, 0.3) is 0 Å². The Morgan fingerprint density at radius 3 is 2.15 bits per heavy atom. The summed E-state index contributed by atoms with van der Waals surface area (Å²) in [5.41, 5.74) is 6.07. The average molecular weight is 1170 g/mol. The van der Waals surface area contributed by atoms with Crippen LogP contribution in [0.4, 0.5) is 29.0 Å². The number of aromatic nitrogens is 4. The number of nitrogens with zero attached hydrogens (tertiary/aromatic N) is 8. The molecule has 5 aromatic rings. The minimum Gasteiger partial charge on any atom is -0.494 e. The summed E-state index contributed by atoms with van der Waals surface area (Å²) >= 11 is 1.57. The first kappa shape index (κ1) is 61.2. The fraction of sp³-hybridized carbons (Fsp3) is 0.517. The van der Waals surface area contributed by atoms with Crippen LogP contribution in [0.1, 0.15) is 78.0 Å². The molecule has 0 radical (unpaired) electrons. The van der Waals surface area contributed by atoms with Gasteiger partial charge in [0.05, 0.1) is 83.7 Å². The maximum atomic E-state index is 14.0. The molecule has 3 saturated heterocycles. The van der Waals surface area contributed by atoms with Crippen molar-refractivity contribution in [1.82, 2.24) is 45.3 Å². The lowest BCUT2D eigenvalue weighted by molar-refractivity contribution is -0.144. The lowest BCUT2D eigenvalue weighted by Crippen LogP contribution is -2.57. The molecule has 0 saturated carbocycles. The SMILES string of the molecule is COc1cc(N2CCC(N3CCN(C(=O)CCOCCOCCC(=O)N[C@H](C(=O)N4C[C@H](O)C[C@H]4C(=O)NCc4ccc(-c5scnc5C)cc4)C(C)(C)C)CC3)CC2)ccc1Nc1ncnc(Nc2ccccc2S(=O)(=O)C(C)C)n1. The second kappa shape index (κ2) is 28.0. The number of hydrogen-bond acceptors (Lipinski definition) is 19. The van der Waals surface area contributed by atoms with Gasteiger partial charge in [0, 0.05) is 83.0 Å². The molecule has 5 N–H and O–H groups in total. The maximum absolute atomic E-state index is 14.0. The van der Waals surface area contributed by atoms with Crippen molar-refractivity contribution in [1.29, 1.82) is 0 Å². The van der Waals surface area contributed by atoms with E-state index in [1.807, 2.05) is 80.6 Å². The summed E-state index contributed by atoms with van der Waals surface area (Å²) in [5, 5.41) is 22.1. The number of β-amino-alcohol motifs (C(OH)–C–C–N with tert-alkyl or cyclic N) is 1. The van der Waals surface area contributed by atoms with Gasteiger partial charge >= 0.3 is 0 Å². The molecule has 5 heterocycles. The van der Waals surface area contributed by atoms with Gasteiger partial charge < -0.3 is 55.3 Å². The van der Waals surface area contributed by atoms with E-state index >= 15 is 0 Å². The fourth-order valence-corrected chi connectivity index (χ4v) is 12.4. The molecule has 22 nitrogen and oxygen atoms in total. The Hall–Kier alpha value is -6.83. The number of aliphatic hydroxyl groups excluding tert-OH is 1. The lowest BCUT2D eigenvalue weighted by Gasteiger charge is -2.43. The molecule has 2 aromatic heterocycles. The summed E-state index contributed by atoms with van der Waals surface area (Å²) in [6, 6.07) is 19.1. The van der Waals surface area contributed by atoms with Gasteiger partial charge in [-0.15, -0.1) is 11.3 Å². The Balaban J connectivity index is 0.693. The van der Waals surface area contributed by atoms with Crippen LogP contribution in [0, 0.1) is 12.3 Å². The van der Waals surface area contributed by atoms with Gasteiger partial charge in [0.2, 0.25) is 35.5 Å². The number of amides is 4. The van der Waals surface area contributed by atoms with E-state index in [2.05, 4.69) is 51.0 Å². The van der Waals surface area contributed by atoms with E-state index in [-0.39, 0.29) is 93.3 Å². The summed E-state index contributed by atoms with van der Waals surface area (Å²) in [4.78, 5) is 80.5. The number of carbonyl (C=O) groups is 4. The van der Waals surface area contributed by atoms with Crippen molar-refractivity contribution in [3.8, 4) is 16.2 Å². The van der Waals surface area contributed by atoms with Crippen LogP contribution in [0.5, 0.6) is 5.75 Å². The van der Waals surface area contributed by atoms with E-state index in [4.69, 9.17) is 14.2 Å². The lowest BCUT2D eigenvalue weighted by atomic mass is 9.85. The zero-order chi connectivity index (χ0) is 58.6. The Morgan fingerprint density at radius 1 is 0.829 bits per heavy atom. The Kier molecular flexibility index (Phi) is 20.9. The first-order valence-corrected chi connectivity index (χ1v) is 30.4. The van der Waals surface area contributed by atoms with E-state index in [1.165, 1.54) is 11.2 Å². The van der Waals surface area contributed by atoms with Crippen molar-refractivity contribution in [2.24, 2.45) is 5.41 Å². The third-order valence-electron chi connectivity index (χ3n) is 15.1. The second-order valence-corrected chi connectivity index (χ2v) is 25.5. The van der Waals surface area contributed by atoms with Gasteiger partial charge in [0.15, 0.2) is 9.84 Å². The predicted octanol–water partition coefficient (Wildman–Crippen LogP) is 5.72. The molecule has 0 spiro atoms. The van der Waals surface area contributed by atoms with Crippen LogP contribution in [0.15, 0.2) is 83.5 Å². The minimum atomic E-state index is -3.56. The molecule has 3 fully saturated rings. The van der Waals surface area contributed by atoms with E-state index < -0.39 is 44.6 Å². The van der Waals surface area contributed by atoms with Crippen LogP contribution in [0.25, 0.3) is 10.4 Å². The Labute approximate surface area is 484 Å². The molecular formula is C58H78N12O10S2. The number of anilines is 5. The number of piperazine rings is 1. The molecule has 3 atom stereocenters. The summed E-state index contributed by atoms with van der Waals surface area (Å²) < 4.78 is 43.2. The number of piperidine rings is 1. The van der Waals surface area contributed by atoms with Crippen LogP contribution in [-0.4, -0.2) is 181 Å². The third kappa shape index (κ3) is 15.8. The van der Waals surface area contributed by atoms with E-state index in [1.54, 1.807) is 56.6 Å². The number of ether oxygens (including phenoxy) is 3. The predicted molar refractivity (Wildman–Crippen MR) is 314 cm³/mol. The quantitative estimate of drug-likeness (QED) is 0.0463. The van der Waals surface area contributed by atoms with Crippen LogP contribution < -0.4 is 30.9 Å². The highest BCUT2D eigenvalue weighted by Crippen LogP contribution is 2.35. The third-order valence-corrected chi connectivity index (χ3v) is 18.3. The molecule has 442 valence electrons. The highest BCUT2D eigenvalue weighted by atomic mass is 32.2. The number of thiazole rings is 1. The summed E-state index contributed by atoms with van der Waals surface area (Å²) in [6.45, 7) is 16.5. The first-order chi connectivity index (χ1) is 39.3. The van der Waals surface area contributed by atoms with Crippen molar-refractivity contribution in [3.63, 3.8) is 0 Å². The van der Waals surface area contributed by atoms with Crippen molar-refractivity contribution in [2.45, 2.75) is 115 Å². The number of likely N-dealkylation sites (tertiary alicyclic amines) is 1. The van der Waals surface area contributed by atoms with E-state index in [0.717, 1.165) is 66.4 Å². The number of benzene rings is 3. The van der Waals surface area contributed by atoms with Crippen molar-refractivity contribution < 1.29 is 46.9 Å². The largest absolute Gasteiger partial charge is 0.494 e. The van der Waals surface area contributed by atoms with Crippen LogP contribution in [-0.2, 0) is 45.0 Å². The number of methoxy groups -OCH3 is 1. The number of carbonyl (C=O) groups excluding carboxylic acids is 4. The maximum Gasteiger partial charge on any atom is 0.246 e.